The fourth-order valence-corrected chi connectivity index (χ4v) is 2.20. The lowest BCUT2D eigenvalue weighted by Crippen LogP contribution is -2.19. The summed E-state index contributed by atoms with van der Waals surface area (Å²) < 4.78 is 0. The molecule has 18 heavy (non-hydrogen) atoms. The van der Waals surface area contributed by atoms with Gasteiger partial charge in [0.2, 0.25) is 0 Å². The predicted octanol–water partition coefficient (Wildman–Crippen LogP) is 2.18. The van der Waals surface area contributed by atoms with E-state index in [9.17, 15) is 4.79 Å². The van der Waals surface area contributed by atoms with Crippen molar-refractivity contribution in [2.75, 3.05) is 30.1 Å². The van der Waals surface area contributed by atoms with E-state index in [2.05, 4.69) is 23.8 Å². The smallest absolute Gasteiger partial charge is 0.251 e. The van der Waals surface area contributed by atoms with Crippen LogP contribution in [-0.4, -0.2) is 31.0 Å². The molecule has 1 unspecified atom stereocenters. The highest BCUT2D eigenvalue weighted by atomic mass is 32.2. The summed E-state index contributed by atoms with van der Waals surface area (Å²) in [5.41, 5.74) is 8.01. The summed E-state index contributed by atoms with van der Waals surface area (Å²) in [4.78, 5) is 11.5. The van der Waals surface area contributed by atoms with Crippen LogP contribution in [0.15, 0.2) is 18.2 Å². The Kier molecular flexibility index (Phi) is 5.85. The number of nitrogen functional groups attached to an aromatic ring is 1. The normalized spacial score (nSPS) is 11.9. The van der Waals surface area contributed by atoms with E-state index < -0.39 is 0 Å². The molecule has 0 saturated heterocycles. The summed E-state index contributed by atoms with van der Waals surface area (Å²) in [5, 5.41) is 5.94. The largest absolute Gasteiger partial charge is 0.397 e. The third kappa shape index (κ3) is 4.14. The average molecular weight is 267 g/mol. The Bertz CT molecular complexity index is 409. The number of benzene rings is 1. The molecule has 1 atom stereocenters. The van der Waals surface area contributed by atoms with Gasteiger partial charge in [-0.25, -0.2) is 0 Å². The van der Waals surface area contributed by atoms with Crippen LogP contribution in [0.4, 0.5) is 11.4 Å². The van der Waals surface area contributed by atoms with E-state index in [0.29, 0.717) is 17.3 Å². The minimum absolute atomic E-state index is 0.122. The average Bonchev–Trinajstić information content (AvgIpc) is 2.37. The number of carbonyl (C=O) groups excluding carboxylic acids is 1. The maximum absolute atomic E-state index is 11.5. The highest BCUT2D eigenvalue weighted by Gasteiger charge is 2.08. The monoisotopic (exact) mass is 267 g/mol. The van der Waals surface area contributed by atoms with Crippen molar-refractivity contribution < 1.29 is 4.79 Å². The lowest BCUT2D eigenvalue weighted by molar-refractivity contribution is 0.0963. The van der Waals surface area contributed by atoms with Crippen molar-refractivity contribution in [3.05, 3.63) is 23.8 Å². The third-order valence-electron chi connectivity index (χ3n) is 2.70. The first-order valence-corrected chi connectivity index (χ1v) is 7.35. The zero-order valence-corrected chi connectivity index (χ0v) is 11.9. The second-order valence-corrected chi connectivity index (χ2v) is 5.19. The van der Waals surface area contributed by atoms with Gasteiger partial charge in [-0.2, -0.15) is 11.8 Å². The van der Waals surface area contributed by atoms with Gasteiger partial charge in [0, 0.05) is 18.7 Å². The van der Waals surface area contributed by atoms with Crippen LogP contribution in [-0.2, 0) is 0 Å². The summed E-state index contributed by atoms with van der Waals surface area (Å²) in [7, 11) is 1.61. The van der Waals surface area contributed by atoms with Crippen LogP contribution >= 0.6 is 11.8 Å². The fraction of sp³-hybridized carbons (Fsp3) is 0.462. The van der Waals surface area contributed by atoms with Crippen LogP contribution in [0.3, 0.4) is 0 Å². The summed E-state index contributed by atoms with van der Waals surface area (Å²) in [6, 6.07) is 5.70. The highest BCUT2D eigenvalue weighted by Crippen LogP contribution is 2.21. The minimum atomic E-state index is -0.122. The van der Waals surface area contributed by atoms with Crippen molar-refractivity contribution in [2.45, 2.75) is 19.4 Å². The molecule has 1 rings (SSSR count). The van der Waals surface area contributed by atoms with E-state index >= 15 is 0 Å². The fourth-order valence-electron chi connectivity index (χ4n) is 1.61. The summed E-state index contributed by atoms with van der Waals surface area (Å²) >= 11 is 1.83. The van der Waals surface area contributed by atoms with Gasteiger partial charge in [-0.05, 0) is 43.6 Å². The summed E-state index contributed by atoms with van der Waals surface area (Å²) in [5.74, 6) is 0.994. The maximum Gasteiger partial charge on any atom is 0.251 e. The van der Waals surface area contributed by atoms with Gasteiger partial charge < -0.3 is 16.4 Å². The Balaban J connectivity index is 2.70. The molecular weight excluding hydrogens is 246 g/mol. The van der Waals surface area contributed by atoms with E-state index in [1.165, 1.54) is 0 Å². The zero-order valence-electron chi connectivity index (χ0n) is 11.1. The lowest BCUT2D eigenvalue weighted by atomic mass is 10.1. The molecule has 0 aliphatic rings. The topological polar surface area (TPSA) is 67.2 Å². The molecule has 1 amide bonds. The van der Waals surface area contributed by atoms with Gasteiger partial charge in [0.05, 0.1) is 11.4 Å². The lowest BCUT2D eigenvalue weighted by Gasteiger charge is -2.16. The SMILES string of the molecule is CNC(=O)c1ccc(NC(C)CCSC)c(N)c1. The Morgan fingerprint density at radius 1 is 1.50 bits per heavy atom. The molecule has 0 spiro atoms. The van der Waals surface area contributed by atoms with E-state index in [1.807, 2.05) is 17.8 Å². The molecule has 1 aromatic carbocycles. The molecule has 4 N–H and O–H groups in total. The van der Waals surface area contributed by atoms with Crippen molar-refractivity contribution in [1.29, 1.82) is 0 Å². The van der Waals surface area contributed by atoms with Crippen molar-refractivity contribution in [2.24, 2.45) is 0 Å². The second kappa shape index (κ2) is 7.16. The number of anilines is 2. The molecule has 0 bridgehead atoms. The van der Waals surface area contributed by atoms with Gasteiger partial charge in [-0.3, -0.25) is 4.79 Å². The molecule has 100 valence electrons. The molecule has 4 nitrogen and oxygen atoms in total. The van der Waals surface area contributed by atoms with Gasteiger partial charge in [0.25, 0.3) is 5.91 Å². The van der Waals surface area contributed by atoms with Crippen LogP contribution < -0.4 is 16.4 Å². The first-order valence-electron chi connectivity index (χ1n) is 5.95. The number of thioether (sulfide) groups is 1. The van der Waals surface area contributed by atoms with Crippen molar-refractivity contribution in [3.63, 3.8) is 0 Å². The molecular formula is C13H21N3OS. The van der Waals surface area contributed by atoms with Crippen LogP contribution in [0.5, 0.6) is 0 Å². The highest BCUT2D eigenvalue weighted by molar-refractivity contribution is 7.98. The van der Waals surface area contributed by atoms with Crippen molar-refractivity contribution >= 4 is 29.0 Å². The number of carbonyl (C=O) groups is 1. The standard InChI is InChI=1S/C13H21N3OS/c1-9(6-7-18-3)16-12-5-4-10(8-11(12)14)13(17)15-2/h4-5,8-9,16H,6-7,14H2,1-3H3,(H,15,17). The molecule has 0 aromatic heterocycles. The molecule has 1 aromatic rings. The van der Waals surface area contributed by atoms with Gasteiger partial charge in [0.1, 0.15) is 0 Å². The van der Waals surface area contributed by atoms with Gasteiger partial charge in [0.15, 0.2) is 0 Å². The Labute approximate surface area is 113 Å². The van der Waals surface area contributed by atoms with E-state index in [0.717, 1.165) is 17.9 Å². The van der Waals surface area contributed by atoms with Crippen LogP contribution in [0.1, 0.15) is 23.7 Å². The number of nitrogens with two attached hydrogens (primary N) is 1. The molecule has 0 heterocycles. The number of nitrogens with one attached hydrogen (secondary N) is 2. The number of hydrogen-bond acceptors (Lipinski definition) is 4. The molecule has 0 aliphatic carbocycles. The number of hydrogen-bond donors (Lipinski definition) is 3. The van der Waals surface area contributed by atoms with Crippen LogP contribution in [0.2, 0.25) is 0 Å². The van der Waals surface area contributed by atoms with Crippen molar-refractivity contribution in [3.8, 4) is 0 Å². The molecule has 0 aliphatic heterocycles. The van der Waals surface area contributed by atoms with Crippen molar-refractivity contribution in [1.82, 2.24) is 5.32 Å². The van der Waals surface area contributed by atoms with Gasteiger partial charge >= 0.3 is 0 Å². The summed E-state index contributed by atoms with van der Waals surface area (Å²) in [6.07, 6.45) is 3.18. The molecule has 5 heteroatoms. The Hall–Kier alpha value is -1.36. The Morgan fingerprint density at radius 3 is 2.78 bits per heavy atom. The molecule has 0 radical (unpaired) electrons. The summed E-state index contributed by atoms with van der Waals surface area (Å²) in [6.45, 7) is 2.13. The van der Waals surface area contributed by atoms with Crippen LogP contribution in [0, 0.1) is 0 Å². The second-order valence-electron chi connectivity index (χ2n) is 4.21. The van der Waals surface area contributed by atoms with E-state index in [-0.39, 0.29) is 5.91 Å². The zero-order chi connectivity index (χ0) is 13.5. The molecule has 0 saturated carbocycles. The van der Waals surface area contributed by atoms with E-state index in [4.69, 9.17) is 5.73 Å². The quantitative estimate of drug-likeness (QED) is 0.691. The Morgan fingerprint density at radius 2 is 2.22 bits per heavy atom. The van der Waals surface area contributed by atoms with Crippen LogP contribution in [0.25, 0.3) is 0 Å². The van der Waals surface area contributed by atoms with E-state index in [1.54, 1.807) is 19.2 Å². The third-order valence-corrected chi connectivity index (χ3v) is 3.34. The maximum atomic E-state index is 11.5. The first-order chi connectivity index (χ1) is 8.58. The number of rotatable bonds is 6. The van der Waals surface area contributed by atoms with Gasteiger partial charge in [-0.15, -0.1) is 0 Å². The number of amides is 1. The van der Waals surface area contributed by atoms with Gasteiger partial charge in [-0.1, -0.05) is 0 Å². The molecule has 0 fully saturated rings. The first kappa shape index (κ1) is 14.7. The predicted molar refractivity (Wildman–Crippen MR) is 80.3 cm³/mol. The minimum Gasteiger partial charge on any atom is -0.397 e.